The van der Waals surface area contributed by atoms with Gasteiger partial charge < -0.3 is 19.6 Å². The molecule has 1 aliphatic rings. The Labute approximate surface area is 159 Å². The lowest BCUT2D eigenvalue weighted by Gasteiger charge is -2.41. The number of pyridine rings is 1. The zero-order valence-electron chi connectivity index (χ0n) is 14.5. The molecule has 3 rings (SSSR count). The number of esters is 1. The number of hydrogen-bond donors (Lipinski definition) is 3. The van der Waals surface area contributed by atoms with E-state index in [4.69, 9.17) is 13.8 Å². The van der Waals surface area contributed by atoms with E-state index in [2.05, 4.69) is 4.98 Å². The Morgan fingerprint density at radius 2 is 1.82 bits per heavy atom. The van der Waals surface area contributed by atoms with E-state index < -0.39 is 39.0 Å². The quantitative estimate of drug-likeness (QED) is 0.375. The van der Waals surface area contributed by atoms with Gasteiger partial charge in [-0.05, 0) is 17.7 Å². The zero-order valence-corrected chi connectivity index (χ0v) is 16.3. The van der Waals surface area contributed by atoms with Crippen molar-refractivity contribution in [1.82, 2.24) is 4.98 Å². The molecular formula is C16H17NO9P2. The third-order valence-electron chi connectivity index (χ3n) is 3.97. The molecule has 150 valence electrons. The molecule has 2 atom stereocenters. The fraction of sp³-hybridized carbons (Fsp3) is 0.250. The number of carbonyl (C=O) groups is 1. The van der Waals surface area contributed by atoms with Gasteiger partial charge in [-0.25, -0.2) is 0 Å². The van der Waals surface area contributed by atoms with Gasteiger partial charge in [0.1, 0.15) is 5.75 Å². The first kappa shape index (κ1) is 20.8. The van der Waals surface area contributed by atoms with Gasteiger partial charge in [-0.3, -0.25) is 28.0 Å². The first-order valence-corrected chi connectivity index (χ1v) is 11.1. The Hall–Kier alpha value is -1.90. The summed E-state index contributed by atoms with van der Waals surface area (Å²) in [5.74, 6) is -0.770. The molecule has 28 heavy (non-hydrogen) atoms. The minimum absolute atomic E-state index is 0.0651. The van der Waals surface area contributed by atoms with Crippen molar-refractivity contribution in [2.24, 2.45) is 0 Å². The molecule has 10 nitrogen and oxygen atoms in total. The minimum Gasteiger partial charge on any atom is -0.426 e. The summed E-state index contributed by atoms with van der Waals surface area (Å²) < 4.78 is 40.5. The second-order valence-electron chi connectivity index (χ2n) is 6.03. The van der Waals surface area contributed by atoms with Gasteiger partial charge in [0.25, 0.3) is 5.08 Å². The average Bonchev–Trinajstić information content (AvgIpc) is 2.60. The largest absolute Gasteiger partial charge is 0.426 e. The highest BCUT2D eigenvalue weighted by Gasteiger charge is 2.67. The summed E-state index contributed by atoms with van der Waals surface area (Å²) in [6.07, 6.45) is 0.165. The maximum absolute atomic E-state index is 12.8. The number of aromatic nitrogens is 1. The van der Waals surface area contributed by atoms with Gasteiger partial charge in [-0.2, -0.15) is 0 Å². The van der Waals surface area contributed by atoms with Gasteiger partial charge in [0.15, 0.2) is 0 Å². The molecule has 1 aromatic carbocycles. The van der Waals surface area contributed by atoms with E-state index in [0.29, 0.717) is 0 Å². The molecule has 0 radical (unpaired) electrons. The molecule has 0 aliphatic carbocycles. The molecule has 12 heteroatoms. The van der Waals surface area contributed by atoms with Crippen molar-refractivity contribution in [3.05, 3.63) is 59.9 Å². The van der Waals surface area contributed by atoms with Gasteiger partial charge in [0, 0.05) is 25.7 Å². The average molecular weight is 429 g/mol. The first-order valence-electron chi connectivity index (χ1n) is 7.97. The fourth-order valence-corrected chi connectivity index (χ4v) is 6.18. The van der Waals surface area contributed by atoms with Crippen LogP contribution in [0.3, 0.4) is 0 Å². The molecule has 1 aliphatic heterocycles. The Morgan fingerprint density at radius 1 is 1.18 bits per heavy atom. The van der Waals surface area contributed by atoms with Crippen molar-refractivity contribution in [2.75, 3.05) is 0 Å². The lowest BCUT2D eigenvalue weighted by atomic mass is 10.2. The Balaban J connectivity index is 1.99. The van der Waals surface area contributed by atoms with Crippen LogP contribution in [0, 0.1) is 0 Å². The van der Waals surface area contributed by atoms with E-state index in [9.17, 15) is 28.8 Å². The monoisotopic (exact) mass is 429 g/mol. The van der Waals surface area contributed by atoms with Gasteiger partial charge in [-0.15, -0.1) is 0 Å². The van der Waals surface area contributed by atoms with Crippen LogP contribution in [0.15, 0.2) is 48.8 Å². The Morgan fingerprint density at radius 3 is 2.39 bits per heavy atom. The SMILES string of the molecule is CC(=O)Oc1ccccc1C1OP(=O)(O)C(O)(Cc2cccnc2)P(=O)(O)O1. The molecule has 1 saturated heterocycles. The number of ether oxygens (including phenoxy) is 1. The summed E-state index contributed by atoms with van der Waals surface area (Å²) in [5, 5.41) is 7.57. The van der Waals surface area contributed by atoms with E-state index in [1.807, 2.05) is 0 Å². The summed E-state index contributed by atoms with van der Waals surface area (Å²) in [4.78, 5) is 35.7. The zero-order chi connectivity index (χ0) is 20.6. The fourth-order valence-electron chi connectivity index (χ4n) is 2.62. The number of benzene rings is 1. The van der Waals surface area contributed by atoms with Crippen molar-refractivity contribution in [2.45, 2.75) is 24.7 Å². The Bertz CT molecular complexity index is 955. The lowest BCUT2D eigenvalue weighted by Crippen LogP contribution is -2.38. The van der Waals surface area contributed by atoms with Crippen molar-refractivity contribution in [3.8, 4) is 5.75 Å². The van der Waals surface area contributed by atoms with Crippen LogP contribution in [0.1, 0.15) is 24.3 Å². The van der Waals surface area contributed by atoms with Crippen LogP contribution in [-0.2, 0) is 29.4 Å². The van der Waals surface area contributed by atoms with Crippen molar-refractivity contribution in [3.63, 3.8) is 0 Å². The highest BCUT2D eigenvalue weighted by molar-refractivity contribution is 7.73. The van der Waals surface area contributed by atoms with Gasteiger partial charge in [0.05, 0.1) is 5.56 Å². The van der Waals surface area contributed by atoms with Crippen LogP contribution in [0.25, 0.3) is 0 Å². The summed E-state index contributed by atoms with van der Waals surface area (Å²) in [5.41, 5.74) is 0.157. The maximum atomic E-state index is 12.8. The third kappa shape index (κ3) is 3.81. The predicted octanol–water partition coefficient (Wildman–Crippen LogP) is 2.31. The van der Waals surface area contributed by atoms with Crippen molar-refractivity contribution in [1.29, 1.82) is 0 Å². The van der Waals surface area contributed by atoms with Crippen LogP contribution >= 0.6 is 15.2 Å². The summed E-state index contributed by atoms with van der Waals surface area (Å²) >= 11 is 0. The summed E-state index contributed by atoms with van der Waals surface area (Å²) in [6.45, 7) is 1.14. The predicted molar refractivity (Wildman–Crippen MR) is 95.2 cm³/mol. The second kappa shape index (κ2) is 7.50. The topological polar surface area (TPSA) is 152 Å². The van der Waals surface area contributed by atoms with Crippen LogP contribution in [0.2, 0.25) is 0 Å². The van der Waals surface area contributed by atoms with E-state index in [1.165, 1.54) is 48.8 Å². The minimum atomic E-state index is -5.12. The maximum Gasteiger partial charge on any atom is 0.374 e. The molecule has 1 aromatic heterocycles. The number of carbonyl (C=O) groups excluding carboxylic acids is 1. The van der Waals surface area contributed by atoms with Crippen LogP contribution in [0.5, 0.6) is 5.75 Å². The summed E-state index contributed by atoms with van der Waals surface area (Å²) in [7, 11) is -10.2. The molecule has 0 spiro atoms. The van der Waals surface area contributed by atoms with Gasteiger partial charge in [-0.1, -0.05) is 24.3 Å². The second-order valence-corrected chi connectivity index (χ2v) is 10.4. The van der Waals surface area contributed by atoms with Gasteiger partial charge >= 0.3 is 21.2 Å². The number of para-hydroxylation sites is 1. The van der Waals surface area contributed by atoms with E-state index in [0.717, 1.165) is 6.92 Å². The first-order chi connectivity index (χ1) is 13.1. The molecule has 2 unspecified atom stereocenters. The molecule has 0 amide bonds. The van der Waals surface area contributed by atoms with Crippen LogP contribution in [-0.4, -0.2) is 30.9 Å². The highest BCUT2D eigenvalue weighted by Crippen LogP contribution is 2.79. The number of aliphatic hydroxyl groups is 1. The highest BCUT2D eigenvalue weighted by atomic mass is 31.2. The van der Waals surface area contributed by atoms with E-state index >= 15 is 0 Å². The molecule has 0 saturated carbocycles. The Kier molecular flexibility index (Phi) is 5.58. The normalized spacial score (nSPS) is 32.6. The number of rotatable bonds is 4. The standard InChI is InChI=1S/C16H17NO9P2/c1-11(18)24-14-7-3-2-6-13(14)15-25-27(20,21)16(19,28(22,23)26-15)9-12-5-4-8-17-10-12/h2-8,10,15,19H,9H2,1H3,(H,20,21)(H,22,23). The number of hydrogen-bond acceptors (Lipinski definition) is 8. The smallest absolute Gasteiger partial charge is 0.374 e. The molecule has 3 N–H and O–H groups in total. The number of nitrogens with zero attached hydrogens (tertiary/aromatic N) is 1. The molecule has 2 heterocycles. The van der Waals surface area contributed by atoms with Crippen molar-refractivity contribution < 1.29 is 42.6 Å². The van der Waals surface area contributed by atoms with Crippen LogP contribution < -0.4 is 4.74 Å². The molecular weight excluding hydrogens is 412 g/mol. The molecule has 0 bridgehead atoms. The van der Waals surface area contributed by atoms with E-state index in [-0.39, 0.29) is 16.9 Å². The van der Waals surface area contributed by atoms with E-state index in [1.54, 1.807) is 0 Å². The van der Waals surface area contributed by atoms with Gasteiger partial charge in [0.2, 0.25) is 6.29 Å². The molecule has 2 aromatic rings. The lowest BCUT2D eigenvalue weighted by molar-refractivity contribution is -0.132. The third-order valence-corrected chi connectivity index (χ3v) is 8.57. The van der Waals surface area contributed by atoms with Crippen LogP contribution in [0.4, 0.5) is 0 Å². The summed E-state index contributed by atoms with van der Waals surface area (Å²) in [6, 6.07) is 8.62. The van der Waals surface area contributed by atoms with Crippen molar-refractivity contribution >= 4 is 21.2 Å². The molecule has 1 fully saturated rings.